The van der Waals surface area contributed by atoms with Crippen molar-refractivity contribution >= 4 is 28.4 Å². The lowest BCUT2D eigenvalue weighted by Gasteiger charge is -2.34. The van der Waals surface area contributed by atoms with E-state index >= 15 is 0 Å². The number of piperazine rings is 1. The first-order valence-electron chi connectivity index (χ1n) is 13.2. The molecular weight excluding hydrogens is 525 g/mol. The Morgan fingerprint density at radius 3 is 2.49 bits per heavy atom. The highest BCUT2D eigenvalue weighted by Crippen LogP contribution is 2.22. The molecule has 12 heteroatoms. The average Bonchev–Trinajstić information content (AvgIpc) is 3.26. The molecule has 0 bridgehead atoms. The largest absolute Gasteiger partial charge is 0.369 e. The van der Waals surface area contributed by atoms with Crippen molar-refractivity contribution in [3.05, 3.63) is 106 Å². The van der Waals surface area contributed by atoms with Crippen molar-refractivity contribution in [3.63, 3.8) is 0 Å². The Morgan fingerprint density at radius 1 is 0.976 bits per heavy atom. The summed E-state index contributed by atoms with van der Waals surface area (Å²) in [5, 5.41) is 3.51. The van der Waals surface area contributed by atoms with Crippen molar-refractivity contribution in [1.82, 2.24) is 33.8 Å². The van der Waals surface area contributed by atoms with Crippen molar-refractivity contribution in [2.45, 2.75) is 6.54 Å². The van der Waals surface area contributed by atoms with Gasteiger partial charge < -0.3 is 15.1 Å². The molecule has 5 aromatic rings. The summed E-state index contributed by atoms with van der Waals surface area (Å²) >= 11 is 0. The van der Waals surface area contributed by atoms with Crippen LogP contribution >= 0.6 is 0 Å². The van der Waals surface area contributed by atoms with Gasteiger partial charge in [0.1, 0.15) is 17.0 Å². The molecular formula is C29H28FN9O2. The molecule has 0 radical (unpaired) electrons. The van der Waals surface area contributed by atoms with E-state index < -0.39 is 11.4 Å². The highest BCUT2D eigenvalue weighted by molar-refractivity contribution is 5.77. The number of benzene rings is 1. The maximum atomic E-state index is 13.9. The number of rotatable bonds is 7. The molecule has 1 N–H and O–H groups in total. The standard InChI is InChI=1S/C29H28FN9O2/c1-3-13-38-28(41)23-18-31-29(32-21-8-10-22(11-9-21)36-16-14-35(2)15-17-36)34-27(23)39(38)25-6-4-5-24(33-25)37-19-20(30)7-12-26(37)40/h3-12,18-19H,1,13-17H2,2H3,(H,31,32,34). The Morgan fingerprint density at radius 2 is 1.73 bits per heavy atom. The van der Waals surface area contributed by atoms with E-state index in [0.29, 0.717) is 17.4 Å². The Kier molecular flexibility index (Phi) is 6.89. The highest BCUT2D eigenvalue weighted by atomic mass is 19.1. The van der Waals surface area contributed by atoms with Crippen LogP contribution in [0.5, 0.6) is 0 Å². The van der Waals surface area contributed by atoms with E-state index in [-0.39, 0.29) is 23.3 Å². The lowest BCUT2D eigenvalue weighted by Crippen LogP contribution is -2.44. The lowest BCUT2D eigenvalue weighted by atomic mass is 10.2. The predicted molar refractivity (Wildman–Crippen MR) is 156 cm³/mol. The minimum absolute atomic E-state index is 0.178. The zero-order valence-electron chi connectivity index (χ0n) is 22.4. The maximum Gasteiger partial charge on any atom is 0.278 e. The number of hydrogen-bond donors (Lipinski definition) is 1. The van der Waals surface area contributed by atoms with Crippen molar-refractivity contribution < 1.29 is 4.39 Å². The molecule has 5 heterocycles. The van der Waals surface area contributed by atoms with E-state index in [1.807, 2.05) is 12.1 Å². The predicted octanol–water partition coefficient (Wildman–Crippen LogP) is 2.95. The van der Waals surface area contributed by atoms with Gasteiger partial charge in [-0.2, -0.15) is 4.98 Å². The van der Waals surface area contributed by atoms with Gasteiger partial charge in [0.2, 0.25) is 5.95 Å². The molecule has 1 fully saturated rings. The van der Waals surface area contributed by atoms with Gasteiger partial charge in [0.15, 0.2) is 11.5 Å². The van der Waals surface area contributed by atoms with Crippen LogP contribution in [0.3, 0.4) is 0 Å². The third kappa shape index (κ3) is 5.12. The van der Waals surface area contributed by atoms with Crippen LogP contribution in [0.25, 0.3) is 22.7 Å². The lowest BCUT2D eigenvalue weighted by molar-refractivity contribution is 0.313. The number of nitrogens with one attached hydrogen (secondary N) is 1. The van der Waals surface area contributed by atoms with Crippen LogP contribution in [-0.2, 0) is 6.54 Å². The number of fused-ring (bicyclic) bond motifs is 1. The Hall–Kier alpha value is -5.10. The molecule has 41 heavy (non-hydrogen) atoms. The van der Waals surface area contributed by atoms with E-state index in [1.54, 1.807) is 29.0 Å². The summed E-state index contributed by atoms with van der Waals surface area (Å²) < 4.78 is 18.0. The van der Waals surface area contributed by atoms with Gasteiger partial charge in [-0.1, -0.05) is 12.1 Å². The molecule has 0 unspecified atom stereocenters. The zero-order valence-corrected chi connectivity index (χ0v) is 22.4. The fraction of sp³-hybridized carbons (Fsp3) is 0.207. The van der Waals surface area contributed by atoms with Gasteiger partial charge in [-0.25, -0.2) is 23.7 Å². The summed E-state index contributed by atoms with van der Waals surface area (Å²) in [5.41, 5.74) is 1.51. The van der Waals surface area contributed by atoms with Crippen LogP contribution in [0.4, 0.5) is 21.7 Å². The van der Waals surface area contributed by atoms with E-state index in [4.69, 9.17) is 0 Å². The van der Waals surface area contributed by atoms with E-state index in [9.17, 15) is 14.0 Å². The minimum atomic E-state index is -0.577. The molecule has 0 spiro atoms. The third-order valence-electron chi connectivity index (χ3n) is 7.03. The fourth-order valence-corrected chi connectivity index (χ4v) is 4.86. The summed E-state index contributed by atoms with van der Waals surface area (Å²) in [4.78, 5) is 44.0. The number of hydrogen-bond acceptors (Lipinski definition) is 8. The number of halogens is 1. The number of allylic oxidation sites excluding steroid dienone is 1. The normalized spacial score (nSPS) is 14.0. The SMILES string of the molecule is C=CCn1c(=O)c2cnc(Nc3ccc(N4CCN(C)CC4)cc3)nc2n1-c1cccc(-n2cc(F)ccc2=O)n1. The Labute approximate surface area is 234 Å². The van der Waals surface area contributed by atoms with Crippen molar-refractivity contribution in [2.24, 2.45) is 0 Å². The minimum Gasteiger partial charge on any atom is -0.369 e. The quantitative estimate of drug-likeness (QED) is 0.307. The summed E-state index contributed by atoms with van der Waals surface area (Å²) in [5.74, 6) is 0.228. The topological polar surface area (TPSA) is 106 Å². The molecule has 0 amide bonds. The number of nitrogens with zero attached hydrogens (tertiary/aromatic N) is 8. The second kappa shape index (κ2) is 10.8. The first-order chi connectivity index (χ1) is 19.9. The first kappa shape index (κ1) is 26.1. The smallest absolute Gasteiger partial charge is 0.278 e. The monoisotopic (exact) mass is 553 g/mol. The van der Waals surface area contributed by atoms with E-state index in [0.717, 1.165) is 60.5 Å². The van der Waals surface area contributed by atoms with E-state index in [2.05, 4.69) is 55.8 Å². The molecule has 1 saturated heterocycles. The Bertz CT molecular complexity index is 1850. The third-order valence-corrected chi connectivity index (χ3v) is 7.03. The van der Waals surface area contributed by atoms with Gasteiger partial charge in [0, 0.05) is 56.0 Å². The molecule has 0 atom stereocenters. The number of aromatic nitrogens is 6. The first-order valence-corrected chi connectivity index (χ1v) is 13.2. The van der Waals surface area contributed by atoms with Crippen LogP contribution in [0.2, 0.25) is 0 Å². The fourth-order valence-electron chi connectivity index (χ4n) is 4.86. The van der Waals surface area contributed by atoms with Crippen molar-refractivity contribution in [1.29, 1.82) is 0 Å². The Balaban J connectivity index is 1.37. The van der Waals surface area contributed by atoms with Crippen LogP contribution in [0.1, 0.15) is 0 Å². The molecule has 0 aliphatic carbocycles. The molecule has 208 valence electrons. The molecule has 1 aliphatic heterocycles. The maximum absolute atomic E-state index is 13.9. The van der Waals surface area contributed by atoms with Crippen LogP contribution in [0.15, 0.2) is 89.2 Å². The molecule has 1 aromatic carbocycles. The average molecular weight is 554 g/mol. The van der Waals surface area contributed by atoms with Crippen LogP contribution in [0, 0.1) is 5.82 Å². The van der Waals surface area contributed by atoms with Gasteiger partial charge in [0.05, 0.1) is 6.54 Å². The zero-order chi connectivity index (χ0) is 28.5. The summed E-state index contributed by atoms with van der Waals surface area (Å²) in [6, 6.07) is 15.2. The van der Waals surface area contributed by atoms with Gasteiger partial charge in [-0.15, -0.1) is 6.58 Å². The molecule has 11 nitrogen and oxygen atoms in total. The molecule has 4 aromatic heterocycles. The highest BCUT2D eigenvalue weighted by Gasteiger charge is 2.19. The number of anilines is 3. The number of pyridine rings is 2. The molecule has 1 aliphatic rings. The second-order valence-corrected chi connectivity index (χ2v) is 9.79. The van der Waals surface area contributed by atoms with Crippen molar-refractivity contribution in [2.75, 3.05) is 43.4 Å². The van der Waals surface area contributed by atoms with Crippen LogP contribution in [-0.4, -0.2) is 67.0 Å². The van der Waals surface area contributed by atoms with E-state index in [1.165, 1.54) is 10.9 Å². The van der Waals surface area contributed by atoms with Crippen molar-refractivity contribution in [3.8, 4) is 11.6 Å². The summed E-state index contributed by atoms with van der Waals surface area (Å²) in [6.07, 6.45) is 4.13. The van der Waals surface area contributed by atoms with Gasteiger partial charge >= 0.3 is 0 Å². The van der Waals surface area contributed by atoms with Gasteiger partial charge in [-0.05, 0) is 49.5 Å². The van der Waals surface area contributed by atoms with Gasteiger partial charge in [-0.3, -0.25) is 14.2 Å². The van der Waals surface area contributed by atoms with Crippen LogP contribution < -0.4 is 21.3 Å². The molecule has 6 rings (SSSR count). The molecule has 0 saturated carbocycles. The number of likely N-dealkylation sites (N-methyl/N-ethyl adjacent to an activating group) is 1. The summed E-state index contributed by atoms with van der Waals surface area (Å²) in [6.45, 7) is 7.96. The summed E-state index contributed by atoms with van der Waals surface area (Å²) in [7, 11) is 2.13. The van der Waals surface area contributed by atoms with Gasteiger partial charge in [0.25, 0.3) is 11.1 Å². The second-order valence-electron chi connectivity index (χ2n) is 9.79.